The average molecular weight is 502 g/mol. The lowest BCUT2D eigenvalue weighted by atomic mass is 9.92. The highest BCUT2D eigenvalue weighted by Gasteiger charge is 2.21. The molecular weight excluding hydrogens is 478 g/mol. The molecule has 0 saturated carbocycles. The predicted octanol–water partition coefficient (Wildman–Crippen LogP) is 10.5. The first-order chi connectivity index (χ1) is 18.9. The molecule has 0 fully saturated rings. The second-order valence-electron chi connectivity index (χ2n) is 9.72. The number of nitrogens with zero attached hydrogens (tertiary/aromatic N) is 1. The molecule has 38 heavy (non-hydrogen) atoms. The Hall–Kier alpha value is -4.66. The molecular formula is C36H23NS. The molecule has 2 heteroatoms. The molecule has 0 amide bonds. The van der Waals surface area contributed by atoms with Crippen molar-refractivity contribution in [1.82, 2.24) is 4.57 Å². The largest absolute Gasteiger partial charge is 0.308 e. The van der Waals surface area contributed by atoms with Crippen molar-refractivity contribution in [3.8, 4) is 27.9 Å². The Morgan fingerprint density at radius 2 is 1.11 bits per heavy atom. The summed E-state index contributed by atoms with van der Waals surface area (Å²) in [5, 5.41) is 5.18. The number of benzene rings is 6. The Morgan fingerprint density at radius 3 is 1.92 bits per heavy atom. The Kier molecular flexibility index (Phi) is 4.76. The molecule has 178 valence electrons. The lowest BCUT2D eigenvalue weighted by molar-refractivity contribution is 1.20. The molecule has 0 aliphatic carbocycles. The van der Waals surface area contributed by atoms with E-state index in [1.54, 1.807) is 0 Å². The van der Waals surface area contributed by atoms with Crippen LogP contribution >= 0.6 is 11.3 Å². The van der Waals surface area contributed by atoms with Gasteiger partial charge in [-0.1, -0.05) is 115 Å². The van der Waals surface area contributed by atoms with Crippen LogP contribution in [0.3, 0.4) is 0 Å². The molecule has 0 atom stereocenters. The summed E-state index contributed by atoms with van der Waals surface area (Å²) in [6.45, 7) is 0. The fourth-order valence-electron chi connectivity index (χ4n) is 6.01. The number of hydrogen-bond donors (Lipinski definition) is 0. The number of aromatic nitrogens is 1. The minimum Gasteiger partial charge on any atom is -0.308 e. The van der Waals surface area contributed by atoms with Crippen LogP contribution in [-0.2, 0) is 0 Å². The van der Waals surface area contributed by atoms with Gasteiger partial charge >= 0.3 is 0 Å². The molecule has 0 spiro atoms. The van der Waals surface area contributed by atoms with Gasteiger partial charge < -0.3 is 4.57 Å². The van der Waals surface area contributed by atoms with Gasteiger partial charge in [0.25, 0.3) is 0 Å². The first-order valence-corrected chi connectivity index (χ1v) is 13.8. The third-order valence-corrected chi connectivity index (χ3v) is 8.74. The molecule has 8 rings (SSSR count). The monoisotopic (exact) mass is 501 g/mol. The van der Waals surface area contributed by atoms with Crippen molar-refractivity contribution in [1.29, 1.82) is 0 Å². The minimum absolute atomic E-state index is 1.23. The number of thiophene rings is 1. The molecule has 2 aromatic heterocycles. The van der Waals surface area contributed by atoms with E-state index in [-0.39, 0.29) is 0 Å². The van der Waals surface area contributed by atoms with Crippen molar-refractivity contribution >= 4 is 53.3 Å². The van der Waals surface area contributed by atoms with Gasteiger partial charge in [-0.3, -0.25) is 0 Å². The highest BCUT2D eigenvalue weighted by molar-refractivity contribution is 7.25. The standard InChI is InChI=1S/C36H23NS/c1-3-12-24(13-4-1)26-22-23-28-27-16-7-9-18-30(27)37(36(28)34(26)25-14-5-2-6-15-25)31-19-11-21-33-35(31)29-17-8-10-20-32(29)38-33/h1-23H. The molecule has 0 aliphatic rings. The van der Waals surface area contributed by atoms with Crippen molar-refractivity contribution in [3.05, 3.63) is 140 Å². The van der Waals surface area contributed by atoms with E-state index in [0.29, 0.717) is 0 Å². The summed E-state index contributed by atoms with van der Waals surface area (Å²) >= 11 is 1.87. The second-order valence-corrected chi connectivity index (χ2v) is 10.8. The highest BCUT2D eigenvalue weighted by atomic mass is 32.1. The van der Waals surface area contributed by atoms with Crippen molar-refractivity contribution in [2.24, 2.45) is 0 Å². The SMILES string of the molecule is c1ccc(-c2ccc3c4ccccc4n(-c4cccc5sc6ccccc6c45)c3c2-c2ccccc2)cc1. The van der Waals surface area contributed by atoms with Gasteiger partial charge in [0.05, 0.1) is 16.7 Å². The van der Waals surface area contributed by atoms with E-state index >= 15 is 0 Å². The van der Waals surface area contributed by atoms with Crippen molar-refractivity contribution < 1.29 is 0 Å². The number of para-hydroxylation sites is 1. The maximum Gasteiger partial charge on any atom is 0.0625 e. The van der Waals surface area contributed by atoms with Crippen LogP contribution in [0.2, 0.25) is 0 Å². The lowest BCUT2D eigenvalue weighted by Gasteiger charge is -2.17. The summed E-state index contributed by atoms with van der Waals surface area (Å²) in [4.78, 5) is 0. The van der Waals surface area contributed by atoms with Gasteiger partial charge in [0.2, 0.25) is 0 Å². The van der Waals surface area contributed by atoms with Gasteiger partial charge in [-0.15, -0.1) is 11.3 Å². The lowest BCUT2D eigenvalue weighted by Crippen LogP contribution is -1.97. The molecule has 0 radical (unpaired) electrons. The fourth-order valence-corrected chi connectivity index (χ4v) is 7.13. The normalized spacial score (nSPS) is 11.7. The Labute approximate surface area is 224 Å². The summed E-state index contributed by atoms with van der Waals surface area (Å²) in [6, 6.07) is 50.6. The van der Waals surface area contributed by atoms with E-state index < -0.39 is 0 Å². The summed E-state index contributed by atoms with van der Waals surface area (Å²) < 4.78 is 5.15. The Bertz CT molecular complexity index is 2110. The average Bonchev–Trinajstić information content (AvgIpc) is 3.53. The van der Waals surface area contributed by atoms with Crippen molar-refractivity contribution in [3.63, 3.8) is 0 Å². The first kappa shape index (κ1) is 21.4. The van der Waals surface area contributed by atoms with E-state index in [1.807, 2.05) is 11.3 Å². The Balaban J connectivity index is 1.62. The van der Waals surface area contributed by atoms with Gasteiger partial charge in [0, 0.05) is 36.5 Å². The van der Waals surface area contributed by atoms with Crippen LogP contribution in [0.15, 0.2) is 140 Å². The van der Waals surface area contributed by atoms with Crippen LogP contribution in [0.5, 0.6) is 0 Å². The maximum atomic E-state index is 2.51. The summed E-state index contributed by atoms with van der Waals surface area (Å²) in [7, 11) is 0. The maximum absolute atomic E-state index is 2.51. The van der Waals surface area contributed by atoms with E-state index in [9.17, 15) is 0 Å². The van der Waals surface area contributed by atoms with Crippen molar-refractivity contribution in [2.45, 2.75) is 0 Å². The zero-order valence-electron chi connectivity index (χ0n) is 20.6. The van der Waals surface area contributed by atoms with Gasteiger partial charge in [0.1, 0.15) is 0 Å². The highest BCUT2D eigenvalue weighted by Crippen LogP contribution is 2.45. The summed E-state index contributed by atoms with van der Waals surface area (Å²) in [5.41, 5.74) is 8.67. The van der Waals surface area contributed by atoms with Gasteiger partial charge in [0.15, 0.2) is 0 Å². The van der Waals surface area contributed by atoms with Gasteiger partial charge in [-0.05, 0) is 41.0 Å². The molecule has 8 aromatic rings. The van der Waals surface area contributed by atoms with Crippen LogP contribution in [0.25, 0.3) is 69.9 Å². The minimum atomic E-state index is 1.23. The number of rotatable bonds is 3. The number of fused-ring (bicyclic) bond motifs is 6. The molecule has 6 aromatic carbocycles. The second kappa shape index (κ2) is 8.44. The quantitative estimate of drug-likeness (QED) is 0.227. The first-order valence-electron chi connectivity index (χ1n) is 13.0. The molecule has 1 nitrogen and oxygen atoms in total. The molecule has 0 unspecified atom stereocenters. The molecule has 2 heterocycles. The number of hydrogen-bond acceptors (Lipinski definition) is 1. The third-order valence-electron chi connectivity index (χ3n) is 7.61. The molecule has 0 aliphatic heterocycles. The van der Waals surface area contributed by atoms with E-state index in [1.165, 1.54) is 69.9 Å². The Morgan fingerprint density at radius 1 is 0.447 bits per heavy atom. The smallest absolute Gasteiger partial charge is 0.0625 e. The molecule has 0 saturated heterocycles. The molecule has 0 N–H and O–H groups in total. The van der Waals surface area contributed by atoms with Crippen LogP contribution < -0.4 is 0 Å². The van der Waals surface area contributed by atoms with E-state index in [2.05, 4.69) is 144 Å². The third kappa shape index (κ3) is 3.11. The van der Waals surface area contributed by atoms with E-state index in [0.717, 1.165) is 0 Å². The van der Waals surface area contributed by atoms with Crippen molar-refractivity contribution in [2.75, 3.05) is 0 Å². The van der Waals surface area contributed by atoms with Crippen LogP contribution in [0.1, 0.15) is 0 Å². The van der Waals surface area contributed by atoms with Crippen LogP contribution in [0, 0.1) is 0 Å². The topological polar surface area (TPSA) is 4.93 Å². The van der Waals surface area contributed by atoms with Crippen LogP contribution in [0.4, 0.5) is 0 Å². The predicted molar refractivity (Wildman–Crippen MR) is 165 cm³/mol. The fraction of sp³-hybridized carbons (Fsp3) is 0. The van der Waals surface area contributed by atoms with Gasteiger partial charge in [-0.25, -0.2) is 0 Å². The zero-order chi connectivity index (χ0) is 25.1. The zero-order valence-corrected chi connectivity index (χ0v) is 21.5. The molecule has 0 bridgehead atoms. The van der Waals surface area contributed by atoms with Crippen LogP contribution in [-0.4, -0.2) is 4.57 Å². The van der Waals surface area contributed by atoms with Gasteiger partial charge in [-0.2, -0.15) is 0 Å². The van der Waals surface area contributed by atoms with E-state index in [4.69, 9.17) is 0 Å². The summed E-state index contributed by atoms with van der Waals surface area (Å²) in [6.07, 6.45) is 0. The summed E-state index contributed by atoms with van der Waals surface area (Å²) in [5.74, 6) is 0.